The second-order valence-corrected chi connectivity index (χ2v) is 7.79. The molecule has 1 aliphatic heterocycles. The minimum Gasteiger partial charge on any atom is -0.311 e. The number of likely N-dealkylation sites (N-methyl/N-ethyl adjacent to an activating group) is 1. The number of carbonyl (C=O) groups excluding carboxylic acids is 2. The SMILES string of the molecule is CN1C(=O)C(NC(=O)Nc2cc(Cl)cc(Cl)c2)N=C(c2ccccc2)c2ccccc21. The molecule has 1 atom stereocenters. The molecule has 0 aromatic heterocycles. The Hall–Kier alpha value is -3.35. The summed E-state index contributed by atoms with van der Waals surface area (Å²) in [5, 5.41) is 6.05. The van der Waals surface area contributed by atoms with Crippen molar-refractivity contribution in [1.82, 2.24) is 5.32 Å². The summed E-state index contributed by atoms with van der Waals surface area (Å²) in [6, 6.07) is 21.1. The summed E-state index contributed by atoms with van der Waals surface area (Å²) in [5.41, 5.74) is 3.37. The van der Waals surface area contributed by atoms with Crippen LogP contribution in [0.5, 0.6) is 0 Å². The minimum atomic E-state index is -1.12. The molecule has 1 aliphatic rings. The van der Waals surface area contributed by atoms with Gasteiger partial charge in [-0.1, -0.05) is 71.7 Å². The van der Waals surface area contributed by atoms with Gasteiger partial charge in [0.25, 0.3) is 5.91 Å². The van der Waals surface area contributed by atoms with Gasteiger partial charge in [0.1, 0.15) is 0 Å². The lowest BCUT2D eigenvalue weighted by Crippen LogP contribution is -2.47. The average Bonchev–Trinajstić information content (AvgIpc) is 2.84. The molecule has 0 fully saturated rings. The molecule has 0 radical (unpaired) electrons. The van der Waals surface area contributed by atoms with Crippen molar-refractivity contribution < 1.29 is 9.59 Å². The maximum Gasteiger partial charge on any atom is 0.321 e. The maximum absolute atomic E-state index is 13.1. The molecular weight excluding hydrogens is 435 g/mol. The summed E-state index contributed by atoms with van der Waals surface area (Å²) in [7, 11) is 1.66. The molecule has 0 aliphatic carbocycles. The lowest BCUT2D eigenvalue weighted by molar-refractivity contribution is -0.119. The number of benzene rings is 3. The van der Waals surface area contributed by atoms with Gasteiger partial charge in [-0.05, 0) is 24.3 Å². The topological polar surface area (TPSA) is 73.8 Å². The third-order valence-electron chi connectivity index (χ3n) is 4.78. The highest BCUT2D eigenvalue weighted by Gasteiger charge is 2.30. The van der Waals surface area contributed by atoms with Crippen molar-refractivity contribution in [3.05, 3.63) is 94.0 Å². The van der Waals surface area contributed by atoms with Crippen LogP contribution in [-0.4, -0.2) is 30.9 Å². The highest BCUT2D eigenvalue weighted by Crippen LogP contribution is 2.27. The van der Waals surface area contributed by atoms with E-state index in [1.54, 1.807) is 25.2 Å². The van der Waals surface area contributed by atoms with Crippen LogP contribution in [0.1, 0.15) is 11.1 Å². The zero-order valence-electron chi connectivity index (χ0n) is 16.5. The van der Waals surface area contributed by atoms with Crippen LogP contribution in [0.15, 0.2) is 77.8 Å². The van der Waals surface area contributed by atoms with Crippen LogP contribution in [0.4, 0.5) is 16.2 Å². The molecule has 3 aromatic carbocycles. The van der Waals surface area contributed by atoms with E-state index in [1.807, 2.05) is 54.6 Å². The van der Waals surface area contributed by atoms with Crippen LogP contribution < -0.4 is 15.5 Å². The lowest BCUT2D eigenvalue weighted by atomic mass is 10.0. The highest BCUT2D eigenvalue weighted by atomic mass is 35.5. The molecule has 1 heterocycles. The molecule has 156 valence electrons. The molecule has 0 saturated carbocycles. The number of carbonyl (C=O) groups is 2. The summed E-state index contributed by atoms with van der Waals surface area (Å²) >= 11 is 12.0. The van der Waals surface area contributed by atoms with Gasteiger partial charge in [-0.2, -0.15) is 0 Å². The number of amides is 3. The Balaban J connectivity index is 1.68. The molecule has 4 rings (SSSR count). The van der Waals surface area contributed by atoms with E-state index in [4.69, 9.17) is 23.2 Å². The summed E-state index contributed by atoms with van der Waals surface area (Å²) < 4.78 is 0. The first-order valence-corrected chi connectivity index (χ1v) is 10.2. The van der Waals surface area contributed by atoms with Crippen LogP contribution in [-0.2, 0) is 4.79 Å². The Kier molecular flexibility index (Phi) is 5.93. The van der Waals surface area contributed by atoms with Crippen molar-refractivity contribution in [3.8, 4) is 0 Å². The molecule has 3 amide bonds. The van der Waals surface area contributed by atoms with E-state index in [1.165, 1.54) is 4.90 Å². The molecular formula is C23H18Cl2N4O2. The molecule has 2 N–H and O–H groups in total. The average molecular weight is 453 g/mol. The number of fused-ring (bicyclic) bond motifs is 1. The lowest BCUT2D eigenvalue weighted by Gasteiger charge is -2.21. The second-order valence-electron chi connectivity index (χ2n) is 6.92. The number of nitrogens with zero attached hydrogens (tertiary/aromatic N) is 2. The molecule has 6 nitrogen and oxygen atoms in total. The zero-order chi connectivity index (χ0) is 22.0. The molecule has 31 heavy (non-hydrogen) atoms. The van der Waals surface area contributed by atoms with Gasteiger partial charge in [-0.3, -0.25) is 4.79 Å². The summed E-state index contributed by atoms with van der Waals surface area (Å²) in [6.07, 6.45) is -1.12. The van der Waals surface area contributed by atoms with Crippen LogP contribution in [0.3, 0.4) is 0 Å². The fourth-order valence-electron chi connectivity index (χ4n) is 3.36. The van der Waals surface area contributed by atoms with Crippen molar-refractivity contribution in [2.45, 2.75) is 6.17 Å². The predicted molar refractivity (Wildman–Crippen MR) is 124 cm³/mol. The number of para-hydroxylation sites is 1. The Labute approximate surface area is 189 Å². The Morgan fingerprint density at radius 3 is 2.32 bits per heavy atom. The fourth-order valence-corrected chi connectivity index (χ4v) is 3.89. The summed E-state index contributed by atoms with van der Waals surface area (Å²) in [5.74, 6) is -0.363. The van der Waals surface area contributed by atoms with Crippen molar-refractivity contribution in [2.75, 3.05) is 17.3 Å². The van der Waals surface area contributed by atoms with Crippen molar-refractivity contribution in [2.24, 2.45) is 4.99 Å². The summed E-state index contributed by atoms with van der Waals surface area (Å²) in [4.78, 5) is 31.9. The zero-order valence-corrected chi connectivity index (χ0v) is 18.0. The Morgan fingerprint density at radius 1 is 0.968 bits per heavy atom. The number of benzodiazepines with no additional fused rings is 1. The minimum absolute atomic E-state index is 0.363. The first-order valence-electron chi connectivity index (χ1n) is 9.46. The predicted octanol–water partition coefficient (Wildman–Crippen LogP) is 4.96. The Bertz CT molecular complexity index is 1160. The van der Waals surface area contributed by atoms with E-state index in [-0.39, 0.29) is 5.91 Å². The van der Waals surface area contributed by atoms with Crippen molar-refractivity contribution in [3.63, 3.8) is 0 Å². The van der Waals surface area contributed by atoms with Crippen LogP contribution in [0.2, 0.25) is 10.0 Å². The maximum atomic E-state index is 13.1. The van der Waals surface area contributed by atoms with Gasteiger partial charge in [-0.15, -0.1) is 0 Å². The third kappa shape index (κ3) is 4.55. The molecule has 0 saturated heterocycles. The smallest absolute Gasteiger partial charge is 0.311 e. The highest BCUT2D eigenvalue weighted by molar-refractivity contribution is 6.35. The number of hydrogen-bond acceptors (Lipinski definition) is 3. The van der Waals surface area contributed by atoms with Crippen LogP contribution >= 0.6 is 23.2 Å². The quantitative estimate of drug-likeness (QED) is 0.589. The van der Waals surface area contributed by atoms with E-state index < -0.39 is 12.2 Å². The van der Waals surface area contributed by atoms with E-state index in [0.717, 1.165) is 11.1 Å². The largest absolute Gasteiger partial charge is 0.321 e. The van der Waals surface area contributed by atoms with Gasteiger partial charge in [0.15, 0.2) is 0 Å². The third-order valence-corrected chi connectivity index (χ3v) is 5.22. The van der Waals surface area contributed by atoms with Crippen LogP contribution in [0.25, 0.3) is 0 Å². The van der Waals surface area contributed by atoms with Crippen molar-refractivity contribution in [1.29, 1.82) is 0 Å². The molecule has 1 unspecified atom stereocenters. The number of nitrogens with one attached hydrogen (secondary N) is 2. The van der Waals surface area contributed by atoms with Crippen LogP contribution in [0, 0.1) is 0 Å². The van der Waals surface area contributed by atoms with Gasteiger partial charge in [0, 0.05) is 33.9 Å². The monoisotopic (exact) mass is 452 g/mol. The summed E-state index contributed by atoms with van der Waals surface area (Å²) in [6.45, 7) is 0. The standard InChI is InChI=1S/C23H18Cl2N4O2/c1-29-19-10-6-5-9-18(19)20(14-7-3-2-4-8-14)27-21(22(29)30)28-23(31)26-17-12-15(24)11-16(25)13-17/h2-13,21H,1H3,(H2,26,28,31). The van der Waals surface area contributed by atoms with Gasteiger partial charge < -0.3 is 15.5 Å². The number of urea groups is 1. The number of aliphatic imine (C=N–C) groups is 1. The number of rotatable bonds is 3. The van der Waals surface area contributed by atoms with Gasteiger partial charge in [0.2, 0.25) is 6.17 Å². The number of halogens is 2. The van der Waals surface area contributed by atoms with E-state index in [9.17, 15) is 9.59 Å². The van der Waals surface area contributed by atoms with Crippen molar-refractivity contribution >= 4 is 52.2 Å². The van der Waals surface area contributed by atoms with Gasteiger partial charge >= 0.3 is 6.03 Å². The number of anilines is 2. The molecule has 8 heteroatoms. The van der Waals surface area contributed by atoms with E-state index in [2.05, 4.69) is 15.6 Å². The normalized spacial score (nSPS) is 15.6. The second kappa shape index (κ2) is 8.79. The van der Waals surface area contributed by atoms with Gasteiger partial charge in [0.05, 0.1) is 11.4 Å². The Morgan fingerprint density at radius 2 is 1.61 bits per heavy atom. The molecule has 0 spiro atoms. The van der Waals surface area contributed by atoms with Gasteiger partial charge in [-0.25, -0.2) is 9.79 Å². The first-order chi connectivity index (χ1) is 14.9. The number of hydrogen-bond donors (Lipinski definition) is 2. The first kappa shape index (κ1) is 20.9. The fraction of sp³-hybridized carbons (Fsp3) is 0.0870. The molecule has 3 aromatic rings. The van der Waals surface area contributed by atoms with E-state index >= 15 is 0 Å². The van der Waals surface area contributed by atoms with E-state index in [0.29, 0.717) is 27.1 Å². The molecule has 0 bridgehead atoms.